The van der Waals surface area contributed by atoms with Crippen LogP contribution in [0.1, 0.15) is 12.8 Å². The molecule has 0 aliphatic carbocycles. The molecule has 6 heteroatoms. The van der Waals surface area contributed by atoms with Crippen molar-refractivity contribution in [2.45, 2.75) is 37.3 Å². The molecule has 0 aromatic carbocycles. The Morgan fingerprint density at radius 2 is 1.35 bits per heavy atom. The van der Waals surface area contributed by atoms with Gasteiger partial charge in [0.15, 0.2) is 0 Å². The molecule has 0 N–H and O–H groups in total. The molecular formula is C14H16O6. The van der Waals surface area contributed by atoms with Crippen LogP contribution in [0, 0.1) is 11.8 Å². The molecule has 4 aliphatic rings. The Kier molecular flexibility index (Phi) is 2.50. The summed E-state index contributed by atoms with van der Waals surface area (Å²) in [5.41, 5.74) is 0.670. The summed E-state index contributed by atoms with van der Waals surface area (Å²) in [6, 6.07) is 0. The van der Waals surface area contributed by atoms with Crippen LogP contribution < -0.4 is 0 Å². The van der Waals surface area contributed by atoms with Crippen LogP contribution in [0.3, 0.4) is 0 Å². The normalized spacial score (nSPS) is 43.9. The van der Waals surface area contributed by atoms with Crippen molar-refractivity contribution < 1.29 is 28.5 Å². The van der Waals surface area contributed by atoms with E-state index in [4.69, 9.17) is 18.9 Å². The average Bonchev–Trinajstić information content (AvgIpc) is 3.20. The van der Waals surface area contributed by atoms with Gasteiger partial charge in [-0.3, -0.25) is 0 Å². The van der Waals surface area contributed by atoms with Gasteiger partial charge < -0.3 is 18.9 Å². The van der Waals surface area contributed by atoms with Crippen molar-refractivity contribution in [2.75, 3.05) is 14.2 Å². The SMILES string of the molecule is COC(=O)C1=C(C(=O)OC)[C@H]2O[C@H]1[C@H]1[C@@H]2[C@H]2CC[C@H]1O2. The summed E-state index contributed by atoms with van der Waals surface area (Å²) in [6.45, 7) is 0. The van der Waals surface area contributed by atoms with Gasteiger partial charge in [0.2, 0.25) is 0 Å². The van der Waals surface area contributed by atoms with Gasteiger partial charge in [-0.25, -0.2) is 9.59 Å². The highest BCUT2D eigenvalue weighted by molar-refractivity contribution is 6.03. The molecule has 20 heavy (non-hydrogen) atoms. The van der Waals surface area contributed by atoms with Gasteiger partial charge in [-0.1, -0.05) is 0 Å². The molecule has 0 unspecified atom stereocenters. The minimum Gasteiger partial charge on any atom is -0.466 e. The Morgan fingerprint density at radius 1 is 0.900 bits per heavy atom. The van der Waals surface area contributed by atoms with Crippen LogP contribution in [0.5, 0.6) is 0 Å². The molecule has 0 radical (unpaired) electrons. The molecule has 4 aliphatic heterocycles. The lowest BCUT2D eigenvalue weighted by atomic mass is 9.69. The van der Waals surface area contributed by atoms with Gasteiger partial charge in [0, 0.05) is 11.8 Å². The number of hydrogen-bond donors (Lipinski definition) is 0. The first-order valence-corrected chi connectivity index (χ1v) is 6.89. The van der Waals surface area contributed by atoms with Crippen molar-refractivity contribution in [2.24, 2.45) is 11.8 Å². The fourth-order valence-electron chi connectivity index (χ4n) is 4.38. The summed E-state index contributed by atoms with van der Waals surface area (Å²) >= 11 is 0. The van der Waals surface area contributed by atoms with E-state index in [9.17, 15) is 9.59 Å². The van der Waals surface area contributed by atoms with Crippen molar-refractivity contribution in [1.29, 1.82) is 0 Å². The molecule has 6 nitrogen and oxygen atoms in total. The van der Waals surface area contributed by atoms with Crippen LogP contribution in [0.4, 0.5) is 0 Å². The lowest BCUT2D eigenvalue weighted by molar-refractivity contribution is -0.139. The first kappa shape index (κ1) is 12.3. The highest BCUT2D eigenvalue weighted by Crippen LogP contribution is 2.58. The Hall–Kier alpha value is -1.40. The van der Waals surface area contributed by atoms with Crippen LogP contribution in [0.15, 0.2) is 11.1 Å². The lowest BCUT2D eigenvalue weighted by Crippen LogP contribution is -2.40. The van der Waals surface area contributed by atoms with Crippen molar-refractivity contribution in [3.05, 3.63) is 11.1 Å². The Labute approximate surface area is 116 Å². The fourth-order valence-corrected chi connectivity index (χ4v) is 4.38. The number of carbonyl (C=O) groups is 2. The van der Waals surface area contributed by atoms with Gasteiger partial charge in [0.1, 0.15) is 0 Å². The summed E-state index contributed by atoms with van der Waals surface area (Å²) in [4.78, 5) is 24.0. The first-order chi connectivity index (χ1) is 9.67. The maximum atomic E-state index is 12.0. The summed E-state index contributed by atoms with van der Waals surface area (Å²) in [7, 11) is 2.62. The molecule has 0 aromatic rings. The molecule has 0 aromatic heterocycles. The van der Waals surface area contributed by atoms with Crippen molar-refractivity contribution >= 4 is 11.9 Å². The molecule has 4 rings (SSSR count). The lowest BCUT2D eigenvalue weighted by Gasteiger charge is -2.29. The Bertz CT molecular complexity index is 480. The molecule has 0 spiro atoms. The molecular weight excluding hydrogens is 264 g/mol. The van der Waals surface area contributed by atoms with Crippen molar-refractivity contribution in [1.82, 2.24) is 0 Å². The molecule has 0 amide bonds. The minimum atomic E-state index is -0.501. The molecule has 6 atom stereocenters. The predicted octanol–water partition coefficient (Wildman–Crippen LogP) is 0.204. The molecule has 108 valence electrons. The second-order valence-electron chi connectivity index (χ2n) is 5.73. The molecule has 0 saturated carbocycles. The van der Waals surface area contributed by atoms with E-state index in [1.165, 1.54) is 14.2 Å². The summed E-state index contributed by atoms with van der Waals surface area (Å²) in [5, 5.41) is 0. The maximum Gasteiger partial charge on any atom is 0.337 e. The van der Waals surface area contributed by atoms with Crippen LogP contribution >= 0.6 is 0 Å². The minimum absolute atomic E-state index is 0.138. The summed E-state index contributed by atoms with van der Waals surface area (Å²) in [5.74, 6) is -0.666. The number of fused-ring (bicyclic) bond motifs is 9. The topological polar surface area (TPSA) is 71.1 Å². The van der Waals surface area contributed by atoms with Gasteiger partial charge in [-0.2, -0.15) is 0 Å². The number of ether oxygens (including phenoxy) is 4. The van der Waals surface area contributed by atoms with Crippen molar-refractivity contribution in [3.63, 3.8) is 0 Å². The van der Waals surface area contributed by atoms with Crippen LogP contribution in [-0.2, 0) is 28.5 Å². The third-order valence-corrected chi connectivity index (χ3v) is 5.05. The van der Waals surface area contributed by atoms with E-state index in [2.05, 4.69) is 0 Å². The van der Waals surface area contributed by atoms with Gasteiger partial charge in [0.05, 0.1) is 49.8 Å². The third kappa shape index (κ3) is 1.31. The van der Waals surface area contributed by atoms with Crippen LogP contribution in [0.25, 0.3) is 0 Å². The molecule has 3 fully saturated rings. The Balaban J connectivity index is 1.79. The van der Waals surface area contributed by atoms with Gasteiger partial charge in [0.25, 0.3) is 0 Å². The average molecular weight is 280 g/mol. The van der Waals surface area contributed by atoms with Crippen LogP contribution in [0.2, 0.25) is 0 Å². The summed E-state index contributed by atoms with van der Waals surface area (Å²) < 4.78 is 21.5. The van der Waals surface area contributed by atoms with Crippen LogP contribution in [-0.4, -0.2) is 50.6 Å². The zero-order chi connectivity index (χ0) is 14.0. The molecule has 3 saturated heterocycles. The smallest absolute Gasteiger partial charge is 0.337 e. The van der Waals surface area contributed by atoms with E-state index in [-0.39, 0.29) is 36.3 Å². The number of hydrogen-bond acceptors (Lipinski definition) is 6. The van der Waals surface area contributed by atoms with Gasteiger partial charge in [-0.05, 0) is 12.8 Å². The van der Waals surface area contributed by atoms with E-state index < -0.39 is 11.9 Å². The summed E-state index contributed by atoms with van der Waals surface area (Å²) in [6.07, 6.45) is 1.50. The second-order valence-corrected chi connectivity index (χ2v) is 5.73. The van der Waals surface area contributed by atoms with Gasteiger partial charge in [-0.15, -0.1) is 0 Å². The maximum absolute atomic E-state index is 12.0. The quantitative estimate of drug-likeness (QED) is 0.673. The number of carbonyl (C=O) groups excluding carboxylic acids is 2. The zero-order valence-corrected chi connectivity index (χ0v) is 11.3. The Morgan fingerprint density at radius 3 is 1.75 bits per heavy atom. The van der Waals surface area contributed by atoms with E-state index in [1.807, 2.05) is 0 Å². The molecule has 4 bridgehead atoms. The van der Waals surface area contributed by atoms with Crippen molar-refractivity contribution in [3.8, 4) is 0 Å². The highest BCUT2D eigenvalue weighted by atomic mass is 16.6. The predicted molar refractivity (Wildman–Crippen MR) is 64.6 cm³/mol. The van der Waals surface area contributed by atoms with E-state index in [0.29, 0.717) is 11.1 Å². The number of rotatable bonds is 2. The fraction of sp³-hybridized carbons (Fsp3) is 0.714. The monoisotopic (exact) mass is 280 g/mol. The zero-order valence-electron chi connectivity index (χ0n) is 11.3. The largest absolute Gasteiger partial charge is 0.466 e. The third-order valence-electron chi connectivity index (χ3n) is 5.05. The number of methoxy groups -OCH3 is 2. The second kappa shape index (κ2) is 4.05. The first-order valence-electron chi connectivity index (χ1n) is 6.89. The van der Waals surface area contributed by atoms with E-state index >= 15 is 0 Å². The highest BCUT2D eigenvalue weighted by Gasteiger charge is 2.67. The van der Waals surface area contributed by atoms with E-state index in [1.54, 1.807) is 0 Å². The molecule has 4 heterocycles. The van der Waals surface area contributed by atoms with Gasteiger partial charge >= 0.3 is 11.9 Å². The number of esters is 2. The standard InChI is InChI=1S/C14H16O6/c1-17-13(15)9-10(14(16)18-2)12-8-6-4-3-5(19-6)7(8)11(9)20-12/h5-8,11-12H,3-4H2,1-2H3/t5-,6-,7-,8+,11+,12+/m1/s1. The van der Waals surface area contributed by atoms with E-state index in [0.717, 1.165) is 12.8 Å².